The van der Waals surface area contributed by atoms with Crippen LogP contribution >= 0.6 is 0 Å². The Morgan fingerprint density at radius 3 is 2.44 bits per heavy atom. The van der Waals surface area contributed by atoms with Crippen molar-refractivity contribution in [3.8, 4) is 0 Å². The molecule has 34 heavy (non-hydrogen) atoms. The molecule has 182 valence electrons. The Bertz CT molecular complexity index is 1040. The van der Waals surface area contributed by atoms with Gasteiger partial charge in [0.2, 0.25) is 5.91 Å². The molecule has 2 aromatic rings. The van der Waals surface area contributed by atoms with E-state index in [1.54, 1.807) is 0 Å². The Kier molecular flexibility index (Phi) is 7.38. The standard InChI is InChI=1S/C22H24F3N5O4/c1-13(2)8-16-11-29(15-5-7-18(27-10-15)22(23,24)25)21(33)30(16)12-19(31)28-14-4-6-17(26-9-14)20(32)34-3/h4-7,9-10,13,16H,8,11-12H2,1-3H3,(H,28,31)/t16-/m0/s1. The first-order valence-electron chi connectivity index (χ1n) is 10.4. The summed E-state index contributed by atoms with van der Waals surface area (Å²) < 4.78 is 43.0. The molecule has 3 heterocycles. The molecule has 9 nitrogen and oxygen atoms in total. The van der Waals surface area contributed by atoms with Crippen LogP contribution in [0, 0.1) is 5.92 Å². The van der Waals surface area contributed by atoms with Gasteiger partial charge in [-0.05, 0) is 36.6 Å². The lowest BCUT2D eigenvalue weighted by atomic mass is 10.0. The van der Waals surface area contributed by atoms with E-state index in [-0.39, 0.29) is 36.4 Å². The summed E-state index contributed by atoms with van der Waals surface area (Å²) in [7, 11) is 1.23. The second-order valence-corrected chi connectivity index (χ2v) is 8.18. The zero-order chi connectivity index (χ0) is 25.0. The van der Waals surface area contributed by atoms with Crippen LogP contribution < -0.4 is 10.2 Å². The molecule has 1 N–H and O–H groups in total. The third-order valence-electron chi connectivity index (χ3n) is 5.16. The molecule has 0 spiro atoms. The largest absolute Gasteiger partial charge is 0.464 e. The van der Waals surface area contributed by atoms with Gasteiger partial charge in [0.05, 0.1) is 36.9 Å². The molecular weight excluding hydrogens is 455 g/mol. The van der Waals surface area contributed by atoms with Crippen molar-refractivity contribution in [1.29, 1.82) is 0 Å². The summed E-state index contributed by atoms with van der Waals surface area (Å²) >= 11 is 0. The van der Waals surface area contributed by atoms with Gasteiger partial charge >= 0.3 is 18.2 Å². The predicted octanol–water partition coefficient (Wildman–Crippen LogP) is 3.58. The number of urea groups is 1. The number of esters is 1. The van der Waals surface area contributed by atoms with E-state index in [2.05, 4.69) is 20.0 Å². The third kappa shape index (κ3) is 5.80. The minimum atomic E-state index is -4.58. The first kappa shape index (κ1) is 24.9. The Morgan fingerprint density at radius 1 is 1.18 bits per heavy atom. The Hall–Kier alpha value is -3.70. The first-order valence-corrected chi connectivity index (χ1v) is 10.4. The number of halogens is 3. The van der Waals surface area contributed by atoms with Gasteiger partial charge in [-0.2, -0.15) is 13.2 Å². The maximum Gasteiger partial charge on any atom is 0.433 e. The molecule has 1 saturated heterocycles. The number of anilines is 2. The molecule has 0 saturated carbocycles. The second kappa shape index (κ2) is 10.1. The normalized spacial score (nSPS) is 16.2. The van der Waals surface area contributed by atoms with E-state index >= 15 is 0 Å². The van der Waals surface area contributed by atoms with Gasteiger partial charge in [0.15, 0.2) is 0 Å². The van der Waals surface area contributed by atoms with Crippen LogP contribution in [0.5, 0.6) is 0 Å². The average Bonchev–Trinajstić information content (AvgIpc) is 3.07. The van der Waals surface area contributed by atoms with Crippen molar-refractivity contribution in [3.05, 3.63) is 48.0 Å². The number of hydrogen-bond donors (Lipinski definition) is 1. The maximum atomic E-state index is 13.1. The van der Waals surface area contributed by atoms with Crippen LogP contribution in [-0.4, -0.2) is 59.0 Å². The van der Waals surface area contributed by atoms with Crippen LogP contribution in [0.2, 0.25) is 0 Å². The van der Waals surface area contributed by atoms with Crippen molar-refractivity contribution < 1.29 is 32.3 Å². The van der Waals surface area contributed by atoms with Gasteiger partial charge < -0.3 is 15.0 Å². The predicted molar refractivity (Wildman–Crippen MR) is 116 cm³/mol. The van der Waals surface area contributed by atoms with Crippen LogP contribution in [-0.2, 0) is 15.7 Å². The van der Waals surface area contributed by atoms with Crippen molar-refractivity contribution in [2.45, 2.75) is 32.5 Å². The topological polar surface area (TPSA) is 105 Å². The zero-order valence-electron chi connectivity index (χ0n) is 18.8. The Balaban J connectivity index is 1.72. The van der Waals surface area contributed by atoms with Gasteiger partial charge in [0, 0.05) is 6.54 Å². The van der Waals surface area contributed by atoms with E-state index in [0.29, 0.717) is 12.1 Å². The van der Waals surface area contributed by atoms with Gasteiger partial charge in [-0.1, -0.05) is 13.8 Å². The maximum absolute atomic E-state index is 13.1. The molecule has 1 aliphatic heterocycles. The number of amides is 3. The van der Waals surface area contributed by atoms with Crippen molar-refractivity contribution in [2.24, 2.45) is 5.92 Å². The Morgan fingerprint density at radius 2 is 1.91 bits per heavy atom. The van der Waals surface area contributed by atoms with Crippen LogP contribution in [0.25, 0.3) is 0 Å². The summed E-state index contributed by atoms with van der Waals surface area (Å²) in [4.78, 5) is 47.2. The fourth-order valence-electron chi connectivity index (χ4n) is 3.62. The molecule has 3 amide bonds. The van der Waals surface area contributed by atoms with Gasteiger partial charge in [-0.3, -0.25) is 9.69 Å². The summed E-state index contributed by atoms with van der Waals surface area (Å²) in [5, 5.41) is 2.62. The fourth-order valence-corrected chi connectivity index (χ4v) is 3.62. The highest BCUT2D eigenvalue weighted by Crippen LogP contribution is 2.31. The number of methoxy groups -OCH3 is 1. The summed E-state index contributed by atoms with van der Waals surface area (Å²) in [6.45, 7) is 3.89. The molecule has 0 unspecified atom stereocenters. The fraction of sp³-hybridized carbons (Fsp3) is 0.409. The molecule has 3 rings (SSSR count). The number of carbonyl (C=O) groups is 3. The molecule has 0 bridgehead atoms. The molecule has 12 heteroatoms. The summed E-state index contributed by atoms with van der Waals surface area (Å²) in [6.07, 6.45) is -1.69. The van der Waals surface area contributed by atoms with Gasteiger partial charge in [0.25, 0.3) is 0 Å². The van der Waals surface area contributed by atoms with Gasteiger partial charge in [-0.25, -0.2) is 19.6 Å². The van der Waals surface area contributed by atoms with E-state index in [1.165, 1.54) is 41.3 Å². The smallest absolute Gasteiger partial charge is 0.433 e. The molecule has 1 aliphatic rings. The number of alkyl halides is 3. The van der Waals surface area contributed by atoms with E-state index in [9.17, 15) is 27.6 Å². The monoisotopic (exact) mass is 479 g/mol. The van der Waals surface area contributed by atoms with E-state index < -0.39 is 29.8 Å². The van der Waals surface area contributed by atoms with Crippen molar-refractivity contribution in [1.82, 2.24) is 14.9 Å². The van der Waals surface area contributed by atoms with E-state index in [1.807, 2.05) is 13.8 Å². The second-order valence-electron chi connectivity index (χ2n) is 8.18. The highest BCUT2D eigenvalue weighted by atomic mass is 19.4. The zero-order valence-corrected chi connectivity index (χ0v) is 18.8. The summed E-state index contributed by atoms with van der Waals surface area (Å²) in [5.74, 6) is -0.888. The quantitative estimate of drug-likeness (QED) is 0.609. The average molecular weight is 479 g/mol. The van der Waals surface area contributed by atoms with Gasteiger partial charge in [0.1, 0.15) is 17.9 Å². The van der Waals surface area contributed by atoms with E-state index in [4.69, 9.17) is 0 Å². The van der Waals surface area contributed by atoms with E-state index in [0.717, 1.165) is 12.3 Å². The first-order chi connectivity index (χ1) is 16.0. The number of pyridine rings is 2. The number of nitrogens with zero attached hydrogens (tertiary/aromatic N) is 4. The van der Waals surface area contributed by atoms with Gasteiger partial charge in [-0.15, -0.1) is 0 Å². The molecule has 0 aliphatic carbocycles. The number of nitrogens with one attached hydrogen (secondary N) is 1. The molecule has 1 atom stereocenters. The van der Waals surface area contributed by atoms with Crippen LogP contribution in [0.3, 0.4) is 0 Å². The number of ether oxygens (including phenoxy) is 1. The molecule has 0 aromatic carbocycles. The summed E-state index contributed by atoms with van der Waals surface area (Å²) in [6, 6.07) is 4.07. The summed E-state index contributed by atoms with van der Waals surface area (Å²) in [5.41, 5.74) is -0.427. The van der Waals surface area contributed by atoms with Crippen molar-refractivity contribution in [3.63, 3.8) is 0 Å². The lowest BCUT2D eigenvalue weighted by Gasteiger charge is -2.23. The number of rotatable bonds is 7. The minimum Gasteiger partial charge on any atom is -0.464 e. The van der Waals surface area contributed by atoms with Crippen LogP contribution in [0.15, 0.2) is 36.7 Å². The molecule has 1 fully saturated rings. The van der Waals surface area contributed by atoms with Crippen molar-refractivity contribution >= 4 is 29.3 Å². The third-order valence-corrected chi connectivity index (χ3v) is 5.16. The molecule has 2 aromatic heterocycles. The van der Waals surface area contributed by atoms with Crippen LogP contribution in [0.4, 0.5) is 29.3 Å². The highest BCUT2D eigenvalue weighted by molar-refractivity contribution is 5.99. The lowest BCUT2D eigenvalue weighted by Crippen LogP contribution is -2.41. The SMILES string of the molecule is COC(=O)c1ccc(NC(=O)CN2C(=O)N(c3ccc(C(F)(F)F)nc3)C[C@@H]2CC(C)C)cn1. The van der Waals surface area contributed by atoms with Crippen LogP contribution in [0.1, 0.15) is 36.5 Å². The Labute approximate surface area is 193 Å². The molecule has 0 radical (unpaired) electrons. The number of aromatic nitrogens is 2. The lowest BCUT2D eigenvalue weighted by molar-refractivity contribution is -0.141. The highest BCUT2D eigenvalue weighted by Gasteiger charge is 2.40. The number of carbonyl (C=O) groups excluding carboxylic acids is 3. The van der Waals surface area contributed by atoms with Crippen molar-refractivity contribution in [2.75, 3.05) is 30.4 Å². The minimum absolute atomic E-state index is 0.0769. The number of hydrogen-bond acceptors (Lipinski definition) is 6. The molecular formula is C22H24F3N5O4.